The average molecular weight is 366 g/mol. The molecular weight excluding hydrogens is 356 g/mol. The molecule has 0 spiro atoms. The number of nitrogens with one attached hydrogen (secondary N) is 1. The predicted molar refractivity (Wildman–Crippen MR) is 80.3 cm³/mol. The lowest BCUT2D eigenvalue weighted by Gasteiger charge is -2.08. The highest BCUT2D eigenvalue weighted by molar-refractivity contribution is 9.10. The van der Waals surface area contributed by atoms with Crippen LogP contribution in [0.15, 0.2) is 51.4 Å². The fourth-order valence-electron chi connectivity index (χ4n) is 1.61. The van der Waals surface area contributed by atoms with Crippen molar-refractivity contribution in [3.63, 3.8) is 0 Å². The first-order valence-electron chi connectivity index (χ1n) is 5.36. The van der Waals surface area contributed by atoms with Crippen molar-refractivity contribution in [2.24, 2.45) is 0 Å². The summed E-state index contributed by atoms with van der Waals surface area (Å²) < 4.78 is 1.96. The van der Waals surface area contributed by atoms with E-state index in [2.05, 4.69) is 55.4 Å². The van der Waals surface area contributed by atoms with E-state index in [0.717, 1.165) is 21.2 Å². The van der Waals surface area contributed by atoms with Crippen LogP contribution in [0.25, 0.3) is 0 Å². The topological polar surface area (TPSA) is 35.8 Å². The molecule has 2 aromatic carbocycles. The maximum Gasteiger partial charge on any atom is 0.0992 e. The van der Waals surface area contributed by atoms with Crippen molar-refractivity contribution in [1.82, 2.24) is 0 Å². The molecule has 2 rings (SSSR count). The highest BCUT2D eigenvalue weighted by Crippen LogP contribution is 2.20. The Labute approximate surface area is 123 Å². The van der Waals surface area contributed by atoms with Crippen LogP contribution >= 0.6 is 31.9 Å². The monoisotopic (exact) mass is 364 g/mol. The Bertz CT molecular complexity index is 603. The molecule has 0 bridgehead atoms. The molecule has 0 unspecified atom stereocenters. The molecule has 0 aliphatic rings. The molecule has 0 saturated heterocycles. The molecule has 0 heterocycles. The summed E-state index contributed by atoms with van der Waals surface area (Å²) in [5.74, 6) is 0. The van der Waals surface area contributed by atoms with Gasteiger partial charge in [0.15, 0.2) is 0 Å². The average Bonchev–Trinajstić information content (AvgIpc) is 2.36. The summed E-state index contributed by atoms with van der Waals surface area (Å²) in [4.78, 5) is 0. The highest BCUT2D eigenvalue weighted by Gasteiger charge is 1.99. The molecule has 0 aromatic heterocycles. The second kappa shape index (κ2) is 6.03. The maximum absolute atomic E-state index is 8.90. The van der Waals surface area contributed by atoms with Gasteiger partial charge in [-0.2, -0.15) is 5.26 Å². The number of rotatable bonds is 3. The van der Waals surface area contributed by atoms with E-state index in [1.54, 1.807) is 6.07 Å². The Hall–Kier alpha value is -1.31. The van der Waals surface area contributed by atoms with Crippen LogP contribution in [0.3, 0.4) is 0 Å². The first-order valence-corrected chi connectivity index (χ1v) is 6.95. The molecular formula is C14H10Br2N2. The lowest BCUT2D eigenvalue weighted by Crippen LogP contribution is -1.99. The molecule has 2 nitrogen and oxygen atoms in total. The molecule has 0 amide bonds. The molecule has 1 N–H and O–H groups in total. The number of nitriles is 1. The van der Waals surface area contributed by atoms with Gasteiger partial charge in [0.05, 0.1) is 11.6 Å². The minimum absolute atomic E-state index is 0.640. The molecule has 0 radical (unpaired) electrons. The first kappa shape index (κ1) is 13.1. The third kappa shape index (κ3) is 3.59. The largest absolute Gasteiger partial charge is 0.381 e. The first-order chi connectivity index (χ1) is 8.67. The van der Waals surface area contributed by atoms with Crippen LogP contribution in [0.2, 0.25) is 0 Å². The Morgan fingerprint density at radius 1 is 1.06 bits per heavy atom. The second-order valence-corrected chi connectivity index (χ2v) is 5.66. The smallest absolute Gasteiger partial charge is 0.0992 e. The van der Waals surface area contributed by atoms with Crippen molar-refractivity contribution in [3.05, 3.63) is 62.5 Å². The Kier molecular flexibility index (Phi) is 4.40. The van der Waals surface area contributed by atoms with Crippen LogP contribution in [-0.4, -0.2) is 0 Å². The summed E-state index contributed by atoms with van der Waals surface area (Å²) in [5.41, 5.74) is 2.75. The molecule has 0 aliphatic carbocycles. The molecule has 0 aliphatic heterocycles. The van der Waals surface area contributed by atoms with Crippen LogP contribution in [0, 0.1) is 11.3 Å². The number of anilines is 1. The van der Waals surface area contributed by atoms with Gasteiger partial charge in [0.1, 0.15) is 0 Å². The minimum atomic E-state index is 0.640. The predicted octanol–water partition coefficient (Wildman–Crippen LogP) is 4.70. The van der Waals surface area contributed by atoms with Crippen molar-refractivity contribution in [3.8, 4) is 6.07 Å². The van der Waals surface area contributed by atoms with Crippen LogP contribution in [0.4, 0.5) is 5.69 Å². The normalized spacial score (nSPS) is 9.83. The van der Waals surface area contributed by atoms with Gasteiger partial charge in [-0.3, -0.25) is 0 Å². The van der Waals surface area contributed by atoms with E-state index in [4.69, 9.17) is 5.26 Å². The second-order valence-electron chi connectivity index (χ2n) is 3.82. The van der Waals surface area contributed by atoms with E-state index in [1.165, 1.54) is 5.56 Å². The third-order valence-corrected chi connectivity index (χ3v) is 3.36. The zero-order valence-corrected chi connectivity index (χ0v) is 12.6. The van der Waals surface area contributed by atoms with Gasteiger partial charge >= 0.3 is 0 Å². The molecule has 0 atom stereocenters. The van der Waals surface area contributed by atoms with Crippen molar-refractivity contribution in [1.29, 1.82) is 5.26 Å². The summed E-state index contributed by atoms with van der Waals surface area (Å²) in [5, 5.41) is 12.2. The van der Waals surface area contributed by atoms with Crippen molar-refractivity contribution >= 4 is 37.5 Å². The van der Waals surface area contributed by atoms with Crippen molar-refractivity contribution < 1.29 is 0 Å². The molecule has 90 valence electrons. The van der Waals surface area contributed by atoms with Gasteiger partial charge in [0.25, 0.3) is 0 Å². The summed E-state index contributed by atoms with van der Waals surface area (Å²) in [6.07, 6.45) is 0. The molecule has 2 aromatic rings. The minimum Gasteiger partial charge on any atom is -0.381 e. The van der Waals surface area contributed by atoms with Crippen LogP contribution in [0.5, 0.6) is 0 Å². The zero-order chi connectivity index (χ0) is 13.0. The lowest BCUT2D eigenvalue weighted by atomic mass is 10.2. The van der Waals surface area contributed by atoms with Crippen molar-refractivity contribution in [2.75, 3.05) is 5.32 Å². The maximum atomic E-state index is 8.90. The van der Waals surface area contributed by atoms with Gasteiger partial charge in [-0.05, 0) is 35.9 Å². The SMILES string of the molecule is N#Cc1cc(Br)cc(NCc2cccc(Br)c2)c1. The standard InChI is InChI=1S/C14H10Br2N2/c15-12-3-1-2-10(4-12)9-18-14-6-11(8-17)5-13(16)7-14/h1-7,18H,9H2. The number of hydrogen-bond acceptors (Lipinski definition) is 2. The Morgan fingerprint density at radius 2 is 1.89 bits per heavy atom. The number of nitrogens with zero attached hydrogens (tertiary/aromatic N) is 1. The van der Waals surface area contributed by atoms with Crippen LogP contribution in [0.1, 0.15) is 11.1 Å². The molecule has 4 heteroatoms. The van der Waals surface area contributed by atoms with Gasteiger partial charge in [-0.25, -0.2) is 0 Å². The Morgan fingerprint density at radius 3 is 2.61 bits per heavy atom. The van der Waals surface area contributed by atoms with Gasteiger partial charge in [0.2, 0.25) is 0 Å². The highest BCUT2D eigenvalue weighted by atomic mass is 79.9. The van der Waals surface area contributed by atoms with Gasteiger partial charge in [-0.15, -0.1) is 0 Å². The van der Waals surface area contributed by atoms with Crippen molar-refractivity contribution in [2.45, 2.75) is 6.54 Å². The summed E-state index contributed by atoms with van der Waals surface area (Å²) >= 11 is 6.84. The van der Waals surface area contributed by atoms with E-state index in [0.29, 0.717) is 5.56 Å². The van der Waals surface area contributed by atoms with Gasteiger partial charge < -0.3 is 5.32 Å². The van der Waals surface area contributed by atoms with E-state index < -0.39 is 0 Å². The number of halogens is 2. The third-order valence-electron chi connectivity index (χ3n) is 2.41. The van der Waals surface area contributed by atoms with E-state index >= 15 is 0 Å². The molecule has 18 heavy (non-hydrogen) atoms. The quantitative estimate of drug-likeness (QED) is 0.855. The lowest BCUT2D eigenvalue weighted by molar-refractivity contribution is 1.14. The van der Waals surface area contributed by atoms with Gasteiger partial charge in [0, 0.05) is 21.2 Å². The summed E-state index contributed by atoms with van der Waals surface area (Å²) in [6, 6.07) is 15.8. The fraction of sp³-hybridized carbons (Fsp3) is 0.0714. The zero-order valence-electron chi connectivity index (χ0n) is 9.45. The Balaban J connectivity index is 2.11. The fourth-order valence-corrected chi connectivity index (χ4v) is 2.55. The van der Waals surface area contributed by atoms with Crippen LogP contribution in [-0.2, 0) is 6.54 Å². The molecule has 0 saturated carbocycles. The van der Waals surface area contributed by atoms with Gasteiger partial charge in [-0.1, -0.05) is 44.0 Å². The van der Waals surface area contributed by atoms with Crippen LogP contribution < -0.4 is 5.32 Å². The van der Waals surface area contributed by atoms with E-state index in [1.807, 2.05) is 24.3 Å². The summed E-state index contributed by atoms with van der Waals surface area (Å²) in [6.45, 7) is 0.723. The van der Waals surface area contributed by atoms with E-state index in [-0.39, 0.29) is 0 Å². The van der Waals surface area contributed by atoms with E-state index in [9.17, 15) is 0 Å². The number of hydrogen-bond donors (Lipinski definition) is 1. The number of benzene rings is 2. The molecule has 0 fully saturated rings. The summed E-state index contributed by atoms with van der Waals surface area (Å²) in [7, 11) is 0.